The van der Waals surface area contributed by atoms with Crippen LogP contribution in [0.5, 0.6) is 5.75 Å². The van der Waals surface area contributed by atoms with Crippen LogP contribution in [0.3, 0.4) is 0 Å². The van der Waals surface area contributed by atoms with Crippen molar-refractivity contribution in [3.8, 4) is 5.75 Å². The molecular weight excluding hydrogens is 330 g/mol. The molecule has 1 aromatic carbocycles. The topological polar surface area (TPSA) is 56.3 Å². The van der Waals surface area contributed by atoms with E-state index in [1.54, 1.807) is 37.3 Å². The Kier molecular flexibility index (Phi) is 4.91. The van der Waals surface area contributed by atoms with Gasteiger partial charge in [-0.2, -0.15) is 0 Å². The SMILES string of the molecule is Cc1cc(OCCc2scnc2C)cc(C)c1S(=O)(=O)Cl. The van der Waals surface area contributed by atoms with Crippen molar-refractivity contribution in [1.82, 2.24) is 4.98 Å². The summed E-state index contributed by atoms with van der Waals surface area (Å²) in [5.74, 6) is 0.649. The molecule has 0 unspecified atom stereocenters. The fourth-order valence-corrected chi connectivity index (χ4v) is 4.59. The molecule has 2 rings (SSSR count). The smallest absolute Gasteiger partial charge is 0.261 e. The molecule has 4 nitrogen and oxygen atoms in total. The van der Waals surface area contributed by atoms with Crippen LogP contribution < -0.4 is 4.74 Å². The number of thiazole rings is 1. The van der Waals surface area contributed by atoms with Crippen molar-refractivity contribution in [2.75, 3.05) is 6.61 Å². The molecule has 7 heteroatoms. The highest BCUT2D eigenvalue weighted by Gasteiger charge is 2.17. The van der Waals surface area contributed by atoms with Gasteiger partial charge in [-0.1, -0.05) is 0 Å². The van der Waals surface area contributed by atoms with Crippen LogP contribution in [0, 0.1) is 20.8 Å². The van der Waals surface area contributed by atoms with Crippen molar-refractivity contribution in [2.45, 2.75) is 32.1 Å². The van der Waals surface area contributed by atoms with Gasteiger partial charge in [0.1, 0.15) is 5.75 Å². The summed E-state index contributed by atoms with van der Waals surface area (Å²) in [7, 11) is 1.70. The second kappa shape index (κ2) is 6.34. The number of benzene rings is 1. The molecule has 0 saturated carbocycles. The molecule has 0 atom stereocenters. The zero-order chi connectivity index (χ0) is 15.6. The van der Waals surface area contributed by atoms with E-state index in [2.05, 4.69) is 4.98 Å². The molecule has 114 valence electrons. The van der Waals surface area contributed by atoms with E-state index >= 15 is 0 Å². The average molecular weight is 346 g/mol. The third kappa shape index (κ3) is 3.96. The summed E-state index contributed by atoms with van der Waals surface area (Å²) in [4.78, 5) is 5.55. The summed E-state index contributed by atoms with van der Waals surface area (Å²) in [5, 5.41) is 0. The number of rotatable bonds is 5. The van der Waals surface area contributed by atoms with Crippen LogP contribution in [0.1, 0.15) is 21.7 Å². The maximum absolute atomic E-state index is 11.5. The Labute approximate surface area is 133 Å². The van der Waals surface area contributed by atoms with Crippen molar-refractivity contribution >= 4 is 31.1 Å². The minimum Gasteiger partial charge on any atom is -0.493 e. The average Bonchev–Trinajstić information content (AvgIpc) is 2.72. The van der Waals surface area contributed by atoms with Gasteiger partial charge < -0.3 is 4.74 Å². The third-order valence-electron chi connectivity index (χ3n) is 3.12. The molecule has 0 spiro atoms. The van der Waals surface area contributed by atoms with Gasteiger partial charge >= 0.3 is 0 Å². The number of aryl methyl sites for hydroxylation is 3. The fraction of sp³-hybridized carbons (Fsp3) is 0.357. The molecule has 0 radical (unpaired) electrons. The Morgan fingerprint density at radius 3 is 2.33 bits per heavy atom. The molecule has 0 saturated heterocycles. The van der Waals surface area contributed by atoms with E-state index < -0.39 is 9.05 Å². The Bertz CT molecular complexity index is 730. The third-order valence-corrected chi connectivity index (χ3v) is 5.71. The lowest BCUT2D eigenvalue weighted by atomic mass is 10.1. The maximum Gasteiger partial charge on any atom is 0.261 e. The first-order valence-corrected chi connectivity index (χ1v) is 9.55. The Hall–Kier alpha value is -1.11. The lowest BCUT2D eigenvalue weighted by Gasteiger charge is -2.11. The molecule has 1 heterocycles. The molecule has 1 aromatic heterocycles. The van der Waals surface area contributed by atoms with Gasteiger partial charge in [-0.3, -0.25) is 0 Å². The lowest BCUT2D eigenvalue weighted by Crippen LogP contribution is -2.04. The largest absolute Gasteiger partial charge is 0.493 e. The molecule has 0 aliphatic rings. The zero-order valence-corrected chi connectivity index (χ0v) is 14.4. The number of hydrogen-bond acceptors (Lipinski definition) is 5. The second-order valence-corrected chi connectivity index (χ2v) is 8.23. The molecule has 21 heavy (non-hydrogen) atoms. The van der Waals surface area contributed by atoms with Crippen LogP contribution in [0.15, 0.2) is 22.5 Å². The van der Waals surface area contributed by atoms with Crippen molar-refractivity contribution in [2.24, 2.45) is 0 Å². The highest BCUT2D eigenvalue weighted by Crippen LogP contribution is 2.28. The summed E-state index contributed by atoms with van der Waals surface area (Å²) in [6, 6.07) is 3.39. The van der Waals surface area contributed by atoms with Gasteiger partial charge in [0.15, 0.2) is 0 Å². The molecule has 0 amide bonds. The van der Waals surface area contributed by atoms with Crippen LogP contribution in [-0.2, 0) is 15.5 Å². The summed E-state index contributed by atoms with van der Waals surface area (Å²) in [5.41, 5.74) is 4.03. The van der Waals surface area contributed by atoms with Gasteiger partial charge in [0.05, 0.1) is 22.7 Å². The molecule has 0 aliphatic heterocycles. The molecular formula is C14H16ClNO3S2. The van der Waals surface area contributed by atoms with Gasteiger partial charge in [-0.05, 0) is 44.0 Å². The standard InChI is InChI=1S/C14H16ClNO3S2/c1-9-6-12(7-10(2)14(9)21(15,17)18)19-5-4-13-11(3)16-8-20-13/h6-8H,4-5H2,1-3H3. The van der Waals surface area contributed by atoms with Gasteiger partial charge in [-0.15, -0.1) is 11.3 Å². The monoisotopic (exact) mass is 345 g/mol. The predicted octanol–water partition coefficient (Wildman–Crippen LogP) is 3.62. The minimum atomic E-state index is -3.73. The zero-order valence-electron chi connectivity index (χ0n) is 12.0. The maximum atomic E-state index is 11.5. The summed E-state index contributed by atoms with van der Waals surface area (Å²) in [6.45, 7) is 5.92. The molecule has 2 aromatic rings. The fourth-order valence-electron chi connectivity index (χ4n) is 2.21. The molecule has 0 bridgehead atoms. The number of nitrogens with zero attached hydrogens (tertiary/aromatic N) is 1. The van der Waals surface area contributed by atoms with E-state index in [1.165, 1.54) is 4.88 Å². The molecule has 0 N–H and O–H groups in total. The minimum absolute atomic E-state index is 0.162. The summed E-state index contributed by atoms with van der Waals surface area (Å²) >= 11 is 1.61. The van der Waals surface area contributed by atoms with Crippen LogP contribution in [0.25, 0.3) is 0 Å². The van der Waals surface area contributed by atoms with Crippen LogP contribution in [0.4, 0.5) is 0 Å². The van der Waals surface area contributed by atoms with Gasteiger partial charge in [0, 0.05) is 22.0 Å². The van der Waals surface area contributed by atoms with Gasteiger partial charge in [0.25, 0.3) is 9.05 Å². The van der Waals surface area contributed by atoms with E-state index in [1.807, 2.05) is 12.4 Å². The quantitative estimate of drug-likeness (QED) is 0.777. The Balaban J connectivity index is 2.10. The second-order valence-electron chi connectivity index (χ2n) is 4.78. The highest BCUT2D eigenvalue weighted by molar-refractivity contribution is 8.13. The Morgan fingerprint density at radius 1 is 1.24 bits per heavy atom. The highest BCUT2D eigenvalue weighted by atomic mass is 35.7. The van der Waals surface area contributed by atoms with E-state index in [4.69, 9.17) is 15.4 Å². The number of halogens is 1. The number of aromatic nitrogens is 1. The van der Waals surface area contributed by atoms with Gasteiger partial charge in [-0.25, -0.2) is 13.4 Å². The first-order chi connectivity index (χ1) is 9.79. The van der Waals surface area contributed by atoms with E-state index in [0.29, 0.717) is 23.5 Å². The normalized spacial score (nSPS) is 11.6. The van der Waals surface area contributed by atoms with Crippen molar-refractivity contribution in [3.63, 3.8) is 0 Å². The van der Waals surface area contributed by atoms with E-state index in [9.17, 15) is 8.42 Å². The molecule has 0 aliphatic carbocycles. The van der Waals surface area contributed by atoms with Crippen LogP contribution in [-0.4, -0.2) is 20.0 Å². The molecule has 0 fully saturated rings. The van der Waals surface area contributed by atoms with Crippen molar-refractivity contribution in [3.05, 3.63) is 39.3 Å². The number of hydrogen-bond donors (Lipinski definition) is 0. The Morgan fingerprint density at radius 2 is 1.86 bits per heavy atom. The predicted molar refractivity (Wildman–Crippen MR) is 85.0 cm³/mol. The van der Waals surface area contributed by atoms with Crippen molar-refractivity contribution in [1.29, 1.82) is 0 Å². The first kappa shape index (κ1) is 16.3. The van der Waals surface area contributed by atoms with Gasteiger partial charge in [0.2, 0.25) is 0 Å². The summed E-state index contributed by atoms with van der Waals surface area (Å²) < 4.78 is 28.7. The van der Waals surface area contributed by atoms with E-state index in [0.717, 1.165) is 12.1 Å². The first-order valence-electron chi connectivity index (χ1n) is 6.36. The lowest BCUT2D eigenvalue weighted by molar-refractivity contribution is 0.322. The summed E-state index contributed by atoms with van der Waals surface area (Å²) in [6.07, 6.45) is 0.782. The van der Waals surface area contributed by atoms with Crippen LogP contribution in [0.2, 0.25) is 0 Å². The number of ether oxygens (including phenoxy) is 1. The van der Waals surface area contributed by atoms with E-state index in [-0.39, 0.29) is 4.90 Å². The van der Waals surface area contributed by atoms with Crippen LogP contribution >= 0.6 is 22.0 Å². The van der Waals surface area contributed by atoms with Crippen molar-refractivity contribution < 1.29 is 13.2 Å².